The highest BCUT2D eigenvalue weighted by molar-refractivity contribution is 5.79. The maximum atomic E-state index is 12.2. The van der Waals surface area contributed by atoms with E-state index in [1.165, 1.54) is 0 Å². The van der Waals surface area contributed by atoms with Gasteiger partial charge in [-0.1, -0.05) is 0 Å². The van der Waals surface area contributed by atoms with Crippen molar-refractivity contribution in [2.24, 2.45) is 11.7 Å². The summed E-state index contributed by atoms with van der Waals surface area (Å²) < 4.78 is 4.99. The van der Waals surface area contributed by atoms with Gasteiger partial charge in [0.2, 0.25) is 5.91 Å². The number of carbonyl (C=O) groups excluding carboxylic acids is 2. The summed E-state index contributed by atoms with van der Waals surface area (Å²) in [6, 6.07) is 0.445. The fourth-order valence-electron chi connectivity index (χ4n) is 3.12. The molecule has 0 unspecified atom stereocenters. The van der Waals surface area contributed by atoms with E-state index < -0.39 is 0 Å². The first kappa shape index (κ1) is 16.1. The lowest BCUT2D eigenvalue weighted by atomic mass is 9.85. The monoisotopic (exact) mass is 297 g/mol. The Hall–Kier alpha value is -1.30. The second-order valence-electron chi connectivity index (χ2n) is 6.08. The van der Waals surface area contributed by atoms with Crippen LogP contribution in [0.3, 0.4) is 0 Å². The molecule has 2 aliphatic rings. The van der Waals surface area contributed by atoms with Crippen molar-refractivity contribution in [3.05, 3.63) is 0 Å². The van der Waals surface area contributed by atoms with Crippen molar-refractivity contribution in [1.82, 2.24) is 10.2 Å². The van der Waals surface area contributed by atoms with Gasteiger partial charge in [0.25, 0.3) is 0 Å². The molecule has 1 saturated heterocycles. The number of amides is 2. The normalized spacial score (nSPS) is 27.2. The van der Waals surface area contributed by atoms with Crippen molar-refractivity contribution in [1.29, 1.82) is 0 Å². The third-order valence-electron chi connectivity index (χ3n) is 4.51. The summed E-state index contributed by atoms with van der Waals surface area (Å²) in [5.74, 6) is 0.282. The van der Waals surface area contributed by atoms with E-state index in [0.29, 0.717) is 19.7 Å². The van der Waals surface area contributed by atoms with Crippen LogP contribution in [0.5, 0.6) is 0 Å². The molecule has 0 bridgehead atoms. The Morgan fingerprint density at radius 1 is 1.14 bits per heavy atom. The van der Waals surface area contributed by atoms with E-state index in [2.05, 4.69) is 5.32 Å². The molecule has 1 aliphatic heterocycles. The largest absolute Gasteiger partial charge is 0.450 e. The zero-order valence-corrected chi connectivity index (χ0v) is 12.8. The van der Waals surface area contributed by atoms with E-state index in [0.717, 1.165) is 38.5 Å². The van der Waals surface area contributed by atoms with Crippen LogP contribution in [0.2, 0.25) is 0 Å². The highest BCUT2D eigenvalue weighted by Crippen LogP contribution is 2.24. The molecular weight excluding hydrogens is 270 g/mol. The van der Waals surface area contributed by atoms with Crippen LogP contribution < -0.4 is 11.1 Å². The Labute approximate surface area is 126 Å². The van der Waals surface area contributed by atoms with Gasteiger partial charge in [-0.05, 0) is 45.4 Å². The van der Waals surface area contributed by atoms with Gasteiger partial charge in [-0.2, -0.15) is 0 Å². The van der Waals surface area contributed by atoms with Crippen LogP contribution in [0.4, 0.5) is 4.79 Å². The van der Waals surface area contributed by atoms with Crippen LogP contribution >= 0.6 is 0 Å². The molecule has 1 aliphatic carbocycles. The number of hydrogen-bond donors (Lipinski definition) is 2. The molecular formula is C15H27N3O3. The van der Waals surface area contributed by atoms with Crippen LogP contribution in [0.15, 0.2) is 0 Å². The number of rotatable bonds is 3. The van der Waals surface area contributed by atoms with Crippen molar-refractivity contribution in [3.8, 4) is 0 Å². The van der Waals surface area contributed by atoms with Crippen molar-refractivity contribution in [2.45, 2.75) is 57.5 Å². The maximum Gasteiger partial charge on any atom is 0.409 e. The molecule has 0 aromatic carbocycles. The molecule has 1 heterocycles. The third-order valence-corrected chi connectivity index (χ3v) is 4.51. The van der Waals surface area contributed by atoms with Crippen LogP contribution in [-0.2, 0) is 9.53 Å². The zero-order valence-electron chi connectivity index (χ0n) is 12.8. The molecule has 0 aromatic heterocycles. The van der Waals surface area contributed by atoms with Crippen molar-refractivity contribution in [3.63, 3.8) is 0 Å². The average Bonchev–Trinajstić information content (AvgIpc) is 2.49. The van der Waals surface area contributed by atoms with Gasteiger partial charge >= 0.3 is 6.09 Å². The predicted octanol–water partition coefficient (Wildman–Crippen LogP) is 1.24. The highest BCUT2D eigenvalue weighted by Gasteiger charge is 2.28. The molecule has 0 spiro atoms. The first-order valence-corrected chi connectivity index (χ1v) is 8.07. The number of carbonyl (C=O) groups is 2. The maximum absolute atomic E-state index is 12.2. The van der Waals surface area contributed by atoms with E-state index in [-0.39, 0.29) is 30.0 Å². The van der Waals surface area contributed by atoms with Gasteiger partial charge in [0.1, 0.15) is 0 Å². The van der Waals surface area contributed by atoms with Crippen LogP contribution in [0.1, 0.15) is 45.4 Å². The van der Waals surface area contributed by atoms with Crippen LogP contribution in [0, 0.1) is 5.92 Å². The molecule has 3 N–H and O–H groups in total. The highest BCUT2D eigenvalue weighted by atomic mass is 16.6. The third kappa shape index (κ3) is 4.59. The van der Waals surface area contributed by atoms with E-state index in [9.17, 15) is 9.59 Å². The summed E-state index contributed by atoms with van der Waals surface area (Å²) in [7, 11) is 0. The van der Waals surface area contributed by atoms with Gasteiger partial charge < -0.3 is 20.7 Å². The topological polar surface area (TPSA) is 84.7 Å². The van der Waals surface area contributed by atoms with Crippen LogP contribution in [0.25, 0.3) is 0 Å². The van der Waals surface area contributed by atoms with Crippen molar-refractivity contribution >= 4 is 12.0 Å². The van der Waals surface area contributed by atoms with Crippen molar-refractivity contribution in [2.75, 3.05) is 19.7 Å². The molecule has 6 heteroatoms. The summed E-state index contributed by atoms with van der Waals surface area (Å²) in [6.45, 7) is 3.51. The first-order valence-electron chi connectivity index (χ1n) is 8.07. The fraction of sp³-hybridized carbons (Fsp3) is 0.867. The van der Waals surface area contributed by atoms with Gasteiger partial charge in [-0.25, -0.2) is 4.79 Å². The minimum absolute atomic E-state index is 0.118. The molecule has 0 atom stereocenters. The molecule has 2 rings (SSSR count). The van der Waals surface area contributed by atoms with E-state index in [1.807, 2.05) is 0 Å². The summed E-state index contributed by atoms with van der Waals surface area (Å²) in [6.07, 6.45) is 5.04. The molecule has 2 fully saturated rings. The fourth-order valence-corrected chi connectivity index (χ4v) is 3.12. The summed E-state index contributed by atoms with van der Waals surface area (Å²) in [4.78, 5) is 25.6. The Balaban J connectivity index is 1.70. The lowest BCUT2D eigenvalue weighted by Gasteiger charge is -2.33. The van der Waals surface area contributed by atoms with E-state index in [4.69, 9.17) is 10.5 Å². The summed E-state index contributed by atoms with van der Waals surface area (Å²) in [5, 5.41) is 3.14. The quantitative estimate of drug-likeness (QED) is 0.821. The van der Waals surface area contributed by atoms with Gasteiger partial charge in [0.15, 0.2) is 0 Å². The Morgan fingerprint density at radius 3 is 2.33 bits per heavy atom. The molecule has 0 aromatic rings. The molecule has 1 saturated carbocycles. The lowest BCUT2D eigenvalue weighted by molar-refractivity contribution is -0.127. The molecule has 6 nitrogen and oxygen atoms in total. The van der Waals surface area contributed by atoms with Gasteiger partial charge in [-0.3, -0.25) is 4.79 Å². The molecule has 0 radical (unpaired) electrons. The van der Waals surface area contributed by atoms with Crippen LogP contribution in [-0.4, -0.2) is 48.7 Å². The summed E-state index contributed by atoms with van der Waals surface area (Å²) in [5.41, 5.74) is 5.87. The van der Waals surface area contributed by atoms with Gasteiger partial charge in [0.05, 0.1) is 6.61 Å². The predicted molar refractivity (Wildman–Crippen MR) is 79.7 cm³/mol. The standard InChI is InChI=1S/C15H27N3O3/c1-2-21-15(20)18-9-7-13(8-10-18)17-14(19)11-3-5-12(16)6-4-11/h11-13H,2-10,16H2,1H3,(H,17,19). The number of piperidine rings is 1. The van der Waals surface area contributed by atoms with E-state index in [1.54, 1.807) is 11.8 Å². The molecule has 2 amide bonds. The smallest absolute Gasteiger partial charge is 0.409 e. The number of nitrogens with two attached hydrogens (primary N) is 1. The second-order valence-corrected chi connectivity index (χ2v) is 6.08. The summed E-state index contributed by atoms with van der Waals surface area (Å²) >= 11 is 0. The Morgan fingerprint density at radius 2 is 1.76 bits per heavy atom. The van der Waals surface area contributed by atoms with Crippen molar-refractivity contribution < 1.29 is 14.3 Å². The molecule has 21 heavy (non-hydrogen) atoms. The second kappa shape index (κ2) is 7.64. The SMILES string of the molecule is CCOC(=O)N1CCC(NC(=O)C2CCC(N)CC2)CC1. The zero-order chi connectivity index (χ0) is 15.2. The first-order chi connectivity index (χ1) is 10.1. The number of likely N-dealkylation sites (tertiary alicyclic amines) is 1. The number of nitrogens with zero attached hydrogens (tertiary/aromatic N) is 1. The van der Waals surface area contributed by atoms with Gasteiger partial charge in [-0.15, -0.1) is 0 Å². The number of nitrogens with one attached hydrogen (secondary N) is 1. The average molecular weight is 297 g/mol. The minimum Gasteiger partial charge on any atom is -0.450 e. The number of hydrogen-bond acceptors (Lipinski definition) is 4. The number of ether oxygens (including phenoxy) is 1. The Kier molecular flexibility index (Phi) is 5.85. The Bertz CT molecular complexity index is 359. The lowest BCUT2D eigenvalue weighted by Crippen LogP contribution is -2.48. The van der Waals surface area contributed by atoms with Gasteiger partial charge in [0, 0.05) is 31.1 Å². The van der Waals surface area contributed by atoms with E-state index >= 15 is 0 Å². The molecule has 120 valence electrons. The minimum atomic E-state index is -0.247.